The highest BCUT2D eigenvalue weighted by Gasteiger charge is 2.27. The molecule has 1 aromatic heterocycles. The molecule has 5 heteroatoms. The molecule has 0 spiro atoms. The molecule has 0 saturated carbocycles. The molecule has 2 aromatic carbocycles. The number of hydrogen-bond acceptors (Lipinski definition) is 3. The number of Topliss-reactive ketones (excluding diaryl/α,β-unsaturated/α-hetero) is 1. The van der Waals surface area contributed by atoms with E-state index < -0.39 is 0 Å². The molecule has 3 aromatic rings. The fourth-order valence-electron chi connectivity index (χ4n) is 3.57. The summed E-state index contributed by atoms with van der Waals surface area (Å²) < 4.78 is 5.19. The Morgan fingerprint density at radius 1 is 0.857 bits per heavy atom. The fourth-order valence-corrected chi connectivity index (χ4v) is 3.57. The van der Waals surface area contributed by atoms with Crippen molar-refractivity contribution in [3.05, 3.63) is 84.3 Å². The van der Waals surface area contributed by atoms with Crippen molar-refractivity contribution >= 4 is 11.7 Å². The van der Waals surface area contributed by atoms with E-state index in [-0.39, 0.29) is 11.7 Å². The minimum atomic E-state index is -0.0770. The van der Waals surface area contributed by atoms with Gasteiger partial charge in [-0.05, 0) is 23.3 Å². The van der Waals surface area contributed by atoms with Crippen molar-refractivity contribution in [2.45, 2.75) is 0 Å². The standard InChI is InChI=1S/C23H22N2O3/c26-21(20-10-8-19(9-11-20)18-5-2-1-3-6-18)17-24-12-14-25(15-13-24)23(27)22-7-4-16-28-22/h1-11,16H,12-15,17H2/p+1. The molecular formula is C23H23N2O3+. The van der Waals surface area contributed by atoms with E-state index >= 15 is 0 Å². The zero-order valence-electron chi connectivity index (χ0n) is 15.6. The first-order valence-electron chi connectivity index (χ1n) is 9.56. The van der Waals surface area contributed by atoms with E-state index in [2.05, 4.69) is 12.1 Å². The molecular weight excluding hydrogens is 352 g/mol. The van der Waals surface area contributed by atoms with Gasteiger partial charge in [0.25, 0.3) is 5.91 Å². The topological polar surface area (TPSA) is 55.0 Å². The highest BCUT2D eigenvalue weighted by Crippen LogP contribution is 2.19. The second-order valence-electron chi connectivity index (χ2n) is 7.06. The first kappa shape index (κ1) is 18.2. The molecule has 1 saturated heterocycles. The summed E-state index contributed by atoms with van der Waals surface area (Å²) >= 11 is 0. The predicted molar refractivity (Wildman–Crippen MR) is 106 cm³/mol. The Kier molecular flexibility index (Phi) is 5.35. The Balaban J connectivity index is 1.31. The summed E-state index contributed by atoms with van der Waals surface area (Å²) in [5, 5.41) is 0. The summed E-state index contributed by atoms with van der Waals surface area (Å²) in [6.45, 7) is 3.25. The van der Waals surface area contributed by atoms with E-state index in [0.717, 1.165) is 29.8 Å². The van der Waals surface area contributed by atoms with Gasteiger partial charge in [0.2, 0.25) is 5.78 Å². The number of amides is 1. The third-order valence-corrected chi connectivity index (χ3v) is 5.21. The van der Waals surface area contributed by atoms with Crippen molar-refractivity contribution in [1.82, 2.24) is 4.90 Å². The van der Waals surface area contributed by atoms with Crippen LogP contribution in [-0.4, -0.2) is 49.3 Å². The quantitative estimate of drug-likeness (QED) is 0.696. The van der Waals surface area contributed by atoms with E-state index in [9.17, 15) is 9.59 Å². The summed E-state index contributed by atoms with van der Waals surface area (Å²) in [7, 11) is 0. The van der Waals surface area contributed by atoms with Crippen molar-refractivity contribution in [1.29, 1.82) is 0 Å². The summed E-state index contributed by atoms with van der Waals surface area (Å²) in [5.41, 5.74) is 2.99. The maximum Gasteiger partial charge on any atom is 0.289 e. The van der Waals surface area contributed by atoms with Gasteiger partial charge in [0, 0.05) is 5.56 Å². The minimum Gasteiger partial charge on any atom is -0.459 e. The molecule has 1 aliphatic heterocycles. The lowest BCUT2D eigenvalue weighted by Gasteiger charge is -2.31. The lowest BCUT2D eigenvalue weighted by molar-refractivity contribution is -0.895. The van der Waals surface area contributed by atoms with Crippen LogP contribution < -0.4 is 4.90 Å². The van der Waals surface area contributed by atoms with Crippen LogP contribution in [0.5, 0.6) is 0 Å². The Bertz CT molecular complexity index is 926. The maximum absolute atomic E-state index is 12.6. The Hall–Kier alpha value is -3.18. The zero-order valence-corrected chi connectivity index (χ0v) is 15.6. The summed E-state index contributed by atoms with van der Waals surface area (Å²) in [6.07, 6.45) is 1.51. The lowest BCUT2D eigenvalue weighted by atomic mass is 10.0. The molecule has 0 bridgehead atoms. The van der Waals surface area contributed by atoms with Crippen LogP contribution in [0.25, 0.3) is 11.1 Å². The van der Waals surface area contributed by atoms with Gasteiger partial charge < -0.3 is 14.2 Å². The molecule has 0 atom stereocenters. The second kappa shape index (κ2) is 8.23. The van der Waals surface area contributed by atoms with Gasteiger partial charge in [-0.15, -0.1) is 0 Å². The SMILES string of the molecule is O=C(C[NH+]1CCN(C(=O)c2ccco2)CC1)c1ccc(-c2ccccc2)cc1. The summed E-state index contributed by atoms with van der Waals surface area (Å²) in [6, 6.07) is 21.3. The number of furan rings is 1. The number of piperazine rings is 1. The Morgan fingerprint density at radius 3 is 2.18 bits per heavy atom. The molecule has 1 N–H and O–H groups in total. The molecule has 1 aliphatic rings. The zero-order chi connectivity index (χ0) is 19.3. The van der Waals surface area contributed by atoms with E-state index in [1.165, 1.54) is 11.2 Å². The van der Waals surface area contributed by atoms with E-state index in [1.54, 1.807) is 17.0 Å². The predicted octanol–water partition coefficient (Wildman–Crippen LogP) is 2.17. The molecule has 1 fully saturated rings. The largest absolute Gasteiger partial charge is 0.459 e. The maximum atomic E-state index is 12.6. The monoisotopic (exact) mass is 375 g/mol. The number of benzene rings is 2. The number of ketones is 1. The first-order valence-corrected chi connectivity index (χ1v) is 9.56. The van der Waals surface area contributed by atoms with Crippen LogP contribution in [0, 0.1) is 0 Å². The third kappa shape index (κ3) is 4.05. The van der Waals surface area contributed by atoms with Crippen LogP contribution in [0.4, 0.5) is 0 Å². The number of nitrogens with zero attached hydrogens (tertiary/aromatic N) is 1. The van der Waals surface area contributed by atoms with E-state index in [4.69, 9.17) is 4.42 Å². The molecule has 4 rings (SSSR count). The van der Waals surface area contributed by atoms with Crippen LogP contribution in [0.1, 0.15) is 20.9 Å². The number of rotatable bonds is 5. The van der Waals surface area contributed by atoms with Gasteiger partial charge in [-0.2, -0.15) is 0 Å². The molecule has 142 valence electrons. The van der Waals surface area contributed by atoms with Gasteiger partial charge in [-0.1, -0.05) is 54.6 Å². The summed E-state index contributed by atoms with van der Waals surface area (Å²) in [5.74, 6) is 0.435. The highest BCUT2D eigenvalue weighted by molar-refractivity contribution is 5.97. The molecule has 5 nitrogen and oxygen atoms in total. The van der Waals surface area contributed by atoms with Gasteiger partial charge in [0.15, 0.2) is 5.76 Å². The van der Waals surface area contributed by atoms with Crippen molar-refractivity contribution < 1.29 is 18.9 Å². The molecule has 0 unspecified atom stereocenters. The van der Waals surface area contributed by atoms with Gasteiger partial charge in [0.05, 0.1) is 32.4 Å². The van der Waals surface area contributed by atoms with Crippen molar-refractivity contribution in [3.8, 4) is 11.1 Å². The van der Waals surface area contributed by atoms with Crippen LogP contribution in [0.15, 0.2) is 77.4 Å². The lowest BCUT2D eigenvalue weighted by Crippen LogP contribution is -3.15. The number of carbonyl (C=O) groups is 2. The van der Waals surface area contributed by atoms with Gasteiger partial charge >= 0.3 is 0 Å². The second-order valence-corrected chi connectivity index (χ2v) is 7.06. The fraction of sp³-hybridized carbons (Fsp3) is 0.217. The highest BCUT2D eigenvalue weighted by atomic mass is 16.3. The Morgan fingerprint density at radius 2 is 1.54 bits per heavy atom. The van der Waals surface area contributed by atoms with Crippen molar-refractivity contribution in [2.75, 3.05) is 32.7 Å². The number of quaternary nitrogens is 1. The van der Waals surface area contributed by atoms with E-state index in [0.29, 0.717) is 25.4 Å². The smallest absolute Gasteiger partial charge is 0.289 e. The van der Waals surface area contributed by atoms with Crippen LogP contribution >= 0.6 is 0 Å². The average Bonchev–Trinajstić information content (AvgIpc) is 3.29. The third-order valence-electron chi connectivity index (χ3n) is 5.21. The van der Waals surface area contributed by atoms with Crippen LogP contribution in [0.2, 0.25) is 0 Å². The van der Waals surface area contributed by atoms with Crippen LogP contribution in [0.3, 0.4) is 0 Å². The molecule has 2 heterocycles. The molecule has 0 radical (unpaired) electrons. The van der Waals surface area contributed by atoms with Crippen molar-refractivity contribution in [2.24, 2.45) is 0 Å². The van der Waals surface area contributed by atoms with Gasteiger partial charge in [-0.3, -0.25) is 9.59 Å². The van der Waals surface area contributed by atoms with Gasteiger partial charge in [0.1, 0.15) is 6.54 Å². The normalized spacial score (nSPS) is 14.8. The number of hydrogen-bond donors (Lipinski definition) is 1. The van der Waals surface area contributed by atoms with Gasteiger partial charge in [-0.25, -0.2) is 0 Å². The molecule has 1 amide bonds. The number of carbonyl (C=O) groups excluding carboxylic acids is 2. The molecule has 0 aliphatic carbocycles. The van der Waals surface area contributed by atoms with E-state index in [1.807, 2.05) is 42.5 Å². The number of nitrogens with one attached hydrogen (secondary N) is 1. The van der Waals surface area contributed by atoms with Crippen LogP contribution in [-0.2, 0) is 0 Å². The summed E-state index contributed by atoms with van der Waals surface area (Å²) in [4.78, 5) is 28.0. The minimum absolute atomic E-state index is 0.0770. The van der Waals surface area contributed by atoms with Crippen molar-refractivity contribution in [3.63, 3.8) is 0 Å². The average molecular weight is 375 g/mol. The molecule has 28 heavy (non-hydrogen) atoms. The Labute approximate surface area is 164 Å². The first-order chi connectivity index (χ1) is 13.7.